The van der Waals surface area contributed by atoms with Crippen molar-refractivity contribution in [3.8, 4) is 0 Å². The maximum Gasteiger partial charge on any atom is 0.251 e. The SMILES string of the molecule is CC1(C)C(NC(=O)c2ccc(Br)c(N)c2)C1(C)C. The van der Waals surface area contributed by atoms with Gasteiger partial charge in [-0.05, 0) is 45.0 Å². The molecule has 2 rings (SSSR count). The van der Waals surface area contributed by atoms with Crippen LogP contribution >= 0.6 is 15.9 Å². The minimum Gasteiger partial charge on any atom is -0.398 e. The highest BCUT2D eigenvalue weighted by Gasteiger charge is 2.65. The standard InChI is InChI=1S/C14H19BrN2O/c1-13(2)12(14(13,3)4)17-11(18)8-5-6-9(15)10(16)7-8/h5-7,12H,16H2,1-4H3,(H,17,18). The lowest BCUT2D eigenvalue weighted by atomic mass is 10.0. The summed E-state index contributed by atoms with van der Waals surface area (Å²) in [7, 11) is 0. The average Bonchev–Trinajstić information content (AvgIpc) is 2.65. The molecule has 0 heterocycles. The minimum absolute atomic E-state index is 0.0575. The summed E-state index contributed by atoms with van der Waals surface area (Å²) in [6, 6.07) is 5.48. The molecule has 98 valence electrons. The number of nitrogens with two attached hydrogens (primary N) is 1. The van der Waals surface area contributed by atoms with Crippen LogP contribution in [0.1, 0.15) is 38.1 Å². The van der Waals surface area contributed by atoms with Gasteiger partial charge in [0.1, 0.15) is 0 Å². The Morgan fingerprint density at radius 2 is 1.83 bits per heavy atom. The molecule has 0 aromatic heterocycles. The largest absolute Gasteiger partial charge is 0.398 e. The first kappa shape index (κ1) is 13.4. The van der Waals surface area contributed by atoms with Crippen LogP contribution < -0.4 is 11.1 Å². The van der Waals surface area contributed by atoms with Crippen LogP contribution in [-0.4, -0.2) is 11.9 Å². The van der Waals surface area contributed by atoms with E-state index in [1.165, 1.54) is 0 Å². The molecule has 1 aromatic rings. The molecule has 1 amide bonds. The van der Waals surface area contributed by atoms with Gasteiger partial charge in [0.2, 0.25) is 0 Å². The summed E-state index contributed by atoms with van der Waals surface area (Å²) >= 11 is 3.32. The lowest BCUT2D eigenvalue weighted by molar-refractivity contribution is 0.0943. The summed E-state index contributed by atoms with van der Waals surface area (Å²) in [6.45, 7) is 8.70. The number of hydrogen-bond acceptors (Lipinski definition) is 2. The van der Waals surface area contributed by atoms with Gasteiger partial charge in [-0.15, -0.1) is 0 Å². The molecule has 3 N–H and O–H groups in total. The van der Waals surface area contributed by atoms with Crippen LogP contribution in [0.25, 0.3) is 0 Å². The predicted molar refractivity (Wildman–Crippen MR) is 77.4 cm³/mol. The van der Waals surface area contributed by atoms with Crippen molar-refractivity contribution in [2.45, 2.75) is 33.7 Å². The summed E-state index contributed by atoms with van der Waals surface area (Å²) in [5.41, 5.74) is 7.26. The second-order valence-corrected chi connectivity index (χ2v) is 6.94. The molecule has 3 nitrogen and oxygen atoms in total. The minimum atomic E-state index is -0.0575. The van der Waals surface area contributed by atoms with Gasteiger partial charge in [-0.3, -0.25) is 4.79 Å². The molecule has 0 unspecified atom stereocenters. The molecular weight excluding hydrogens is 292 g/mol. The smallest absolute Gasteiger partial charge is 0.251 e. The lowest BCUT2D eigenvalue weighted by Gasteiger charge is -2.08. The van der Waals surface area contributed by atoms with Crippen LogP contribution in [0.3, 0.4) is 0 Å². The van der Waals surface area contributed by atoms with Crippen molar-refractivity contribution in [2.24, 2.45) is 10.8 Å². The number of rotatable bonds is 2. The average molecular weight is 311 g/mol. The van der Waals surface area contributed by atoms with E-state index in [2.05, 4.69) is 48.9 Å². The van der Waals surface area contributed by atoms with Crippen LogP contribution in [0.2, 0.25) is 0 Å². The molecule has 0 radical (unpaired) electrons. The Kier molecular flexibility index (Phi) is 2.97. The third-order valence-corrected chi connectivity index (χ3v) is 5.28. The highest BCUT2D eigenvalue weighted by Crippen LogP contribution is 2.62. The Hall–Kier alpha value is -1.03. The van der Waals surface area contributed by atoms with E-state index < -0.39 is 0 Å². The van der Waals surface area contributed by atoms with E-state index in [0.717, 1.165) is 4.47 Å². The highest BCUT2D eigenvalue weighted by molar-refractivity contribution is 9.10. The van der Waals surface area contributed by atoms with Crippen molar-refractivity contribution < 1.29 is 4.79 Å². The van der Waals surface area contributed by atoms with Gasteiger partial charge in [-0.25, -0.2) is 0 Å². The number of halogens is 1. The van der Waals surface area contributed by atoms with Crippen molar-refractivity contribution >= 4 is 27.5 Å². The van der Waals surface area contributed by atoms with Crippen LogP contribution in [-0.2, 0) is 0 Å². The fourth-order valence-electron chi connectivity index (χ4n) is 2.46. The zero-order chi connectivity index (χ0) is 13.7. The number of carbonyl (C=O) groups is 1. The van der Waals surface area contributed by atoms with Crippen molar-refractivity contribution in [3.05, 3.63) is 28.2 Å². The topological polar surface area (TPSA) is 55.1 Å². The third-order valence-electron chi connectivity index (χ3n) is 4.55. The number of benzene rings is 1. The Morgan fingerprint density at radius 1 is 1.28 bits per heavy atom. The first-order chi connectivity index (χ1) is 8.18. The summed E-state index contributed by atoms with van der Waals surface area (Å²) in [6.07, 6.45) is 0. The molecule has 0 atom stereocenters. The molecule has 0 spiro atoms. The summed E-state index contributed by atoms with van der Waals surface area (Å²) in [5, 5.41) is 3.09. The van der Waals surface area contributed by atoms with E-state index in [1.807, 2.05) is 0 Å². The number of carbonyl (C=O) groups excluding carboxylic acids is 1. The molecule has 1 fully saturated rings. The van der Waals surface area contributed by atoms with Gasteiger partial charge < -0.3 is 11.1 Å². The van der Waals surface area contributed by atoms with Crippen LogP contribution in [0.4, 0.5) is 5.69 Å². The zero-order valence-electron chi connectivity index (χ0n) is 11.2. The van der Waals surface area contributed by atoms with Gasteiger partial charge in [0, 0.05) is 21.8 Å². The maximum absolute atomic E-state index is 12.2. The Balaban J connectivity index is 2.12. The van der Waals surface area contributed by atoms with Crippen molar-refractivity contribution in [1.29, 1.82) is 0 Å². The fourth-order valence-corrected chi connectivity index (χ4v) is 2.70. The maximum atomic E-state index is 12.2. The van der Waals surface area contributed by atoms with Crippen molar-refractivity contribution in [3.63, 3.8) is 0 Å². The molecular formula is C14H19BrN2O. The van der Waals surface area contributed by atoms with E-state index >= 15 is 0 Å². The van der Waals surface area contributed by atoms with Crippen LogP contribution in [0, 0.1) is 10.8 Å². The lowest BCUT2D eigenvalue weighted by Crippen LogP contribution is -2.29. The van der Waals surface area contributed by atoms with E-state index in [0.29, 0.717) is 11.3 Å². The second-order valence-electron chi connectivity index (χ2n) is 6.09. The number of anilines is 1. The first-order valence-corrected chi connectivity index (χ1v) is 6.83. The molecule has 0 bridgehead atoms. The summed E-state index contributed by atoms with van der Waals surface area (Å²) < 4.78 is 0.811. The Labute approximate surface area is 116 Å². The van der Waals surface area contributed by atoms with Gasteiger partial charge in [0.25, 0.3) is 5.91 Å². The van der Waals surface area contributed by atoms with E-state index in [-0.39, 0.29) is 22.8 Å². The zero-order valence-corrected chi connectivity index (χ0v) is 12.8. The highest BCUT2D eigenvalue weighted by atomic mass is 79.9. The molecule has 1 aliphatic carbocycles. The van der Waals surface area contributed by atoms with Crippen LogP contribution in [0.15, 0.2) is 22.7 Å². The third kappa shape index (κ3) is 1.92. The number of amides is 1. The van der Waals surface area contributed by atoms with Gasteiger partial charge in [0.15, 0.2) is 0 Å². The summed E-state index contributed by atoms with van der Waals surface area (Å²) in [4.78, 5) is 12.2. The van der Waals surface area contributed by atoms with Crippen LogP contribution in [0.5, 0.6) is 0 Å². The number of nitrogen functional groups attached to an aromatic ring is 1. The summed E-state index contributed by atoms with van der Waals surface area (Å²) in [5.74, 6) is -0.0575. The van der Waals surface area contributed by atoms with Crippen molar-refractivity contribution in [2.75, 3.05) is 5.73 Å². The fraction of sp³-hybridized carbons (Fsp3) is 0.500. The Morgan fingerprint density at radius 3 is 2.28 bits per heavy atom. The van der Waals surface area contributed by atoms with E-state index in [9.17, 15) is 4.79 Å². The number of nitrogens with one attached hydrogen (secondary N) is 1. The molecule has 1 saturated carbocycles. The monoisotopic (exact) mass is 310 g/mol. The molecule has 1 aliphatic rings. The van der Waals surface area contributed by atoms with E-state index in [1.54, 1.807) is 18.2 Å². The van der Waals surface area contributed by atoms with Gasteiger partial charge in [0.05, 0.1) is 0 Å². The first-order valence-electron chi connectivity index (χ1n) is 6.04. The molecule has 18 heavy (non-hydrogen) atoms. The van der Waals surface area contributed by atoms with Gasteiger partial charge in [-0.2, -0.15) is 0 Å². The van der Waals surface area contributed by atoms with Crippen molar-refractivity contribution in [1.82, 2.24) is 5.32 Å². The normalized spacial score (nSPS) is 20.5. The predicted octanol–water partition coefficient (Wildman–Crippen LogP) is 3.20. The molecule has 1 aromatic carbocycles. The van der Waals surface area contributed by atoms with E-state index in [4.69, 9.17) is 5.73 Å². The molecule has 0 saturated heterocycles. The van der Waals surface area contributed by atoms with Gasteiger partial charge >= 0.3 is 0 Å². The second kappa shape index (κ2) is 3.98. The van der Waals surface area contributed by atoms with Gasteiger partial charge in [-0.1, -0.05) is 27.7 Å². The molecule has 0 aliphatic heterocycles. The Bertz CT molecular complexity index is 495. The quantitative estimate of drug-likeness (QED) is 0.824. The molecule has 4 heteroatoms. The number of hydrogen-bond donors (Lipinski definition) is 2.